The lowest BCUT2D eigenvalue weighted by Crippen LogP contribution is -2.42. The van der Waals surface area contributed by atoms with Crippen molar-refractivity contribution in [1.82, 2.24) is 0 Å². The van der Waals surface area contributed by atoms with Crippen molar-refractivity contribution in [3.63, 3.8) is 0 Å². The molecular weight excluding hydrogens is 271 g/mol. The molecule has 0 bridgehead atoms. The minimum absolute atomic E-state index is 0.0976. The van der Waals surface area contributed by atoms with Crippen molar-refractivity contribution in [1.29, 1.82) is 0 Å². The lowest BCUT2D eigenvalue weighted by atomic mass is 9.90. The second-order valence-electron chi connectivity index (χ2n) is 5.00. The van der Waals surface area contributed by atoms with E-state index in [2.05, 4.69) is 0 Å². The van der Waals surface area contributed by atoms with Crippen LogP contribution in [0.4, 0.5) is 18.9 Å². The number of halogens is 3. The molecule has 0 amide bonds. The van der Waals surface area contributed by atoms with Gasteiger partial charge < -0.3 is 15.1 Å². The third kappa shape index (κ3) is 3.07. The molecule has 0 unspecified atom stereocenters. The zero-order chi connectivity index (χ0) is 14.8. The fourth-order valence-corrected chi connectivity index (χ4v) is 2.47. The van der Waals surface area contributed by atoms with E-state index in [0.29, 0.717) is 12.2 Å². The van der Waals surface area contributed by atoms with Crippen molar-refractivity contribution in [2.75, 3.05) is 18.1 Å². The summed E-state index contributed by atoms with van der Waals surface area (Å²) >= 11 is 0. The Balaban J connectivity index is 2.35. The molecule has 20 heavy (non-hydrogen) atoms. The van der Waals surface area contributed by atoms with Gasteiger partial charge in [0.2, 0.25) is 0 Å². The second kappa shape index (κ2) is 6.01. The third-order valence-electron chi connectivity index (χ3n) is 3.76. The van der Waals surface area contributed by atoms with Gasteiger partial charge in [0, 0.05) is 18.3 Å². The summed E-state index contributed by atoms with van der Waals surface area (Å²) in [4.78, 5) is 1.82. The number of alkyl halides is 3. The number of aliphatic hydroxyl groups is 2. The monoisotopic (exact) mass is 289 g/mol. The van der Waals surface area contributed by atoms with Crippen LogP contribution in [-0.2, 0) is 12.8 Å². The Morgan fingerprint density at radius 1 is 1.20 bits per heavy atom. The largest absolute Gasteiger partial charge is 0.416 e. The number of aliphatic hydroxyl groups excluding tert-OH is 2. The fraction of sp³-hybridized carbons (Fsp3) is 0.571. The molecule has 1 aliphatic carbocycles. The minimum atomic E-state index is -4.49. The molecule has 1 aromatic rings. The molecule has 0 spiro atoms. The highest BCUT2D eigenvalue weighted by atomic mass is 19.4. The molecule has 0 aromatic heterocycles. The Labute approximate surface area is 115 Å². The van der Waals surface area contributed by atoms with Crippen LogP contribution in [0, 0.1) is 0 Å². The summed E-state index contributed by atoms with van der Waals surface area (Å²) < 4.78 is 38.9. The van der Waals surface area contributed by atoms with Crippen LogP contribution >= 0.6 is 0 Å². The van der Waals surface area contributed by atoms with Gasteiger partial charge in [-0.2, -0.15) is 13.2 Å². The quantitative estimate of drug-likeness (QED) is 0.875. The molecule has 2 rings (SSSR count). The zero-order valence-electron chi connectivity index (χ0n) is 11.0. The summed E-state index contributed by atoms with van der Waals surface area (Å²) in [5.74, 6) is 0. The van der Waals surface area contributed by atoms with Crippen molar-refractivity contribution in [3.8, 4) is 0 Å². The first kappa shape index (κ1) is 15.1. The molecule has 0 saturated heterocycles. The lowest BCUT2D eigenvalue weighted by molar-refractivity contribution is -0.138. The average molecular weight is 289 g/mol. The third-order valence-corrected chi connectivity index (χ3v) is 3.76. The molecule has 0 radical (unpaired) electrons. The molecule has 0 aliphatic heterocycles. The molecule has 0 heterocycles. The Morgan fingerprint density at radius 2 is 1.90 bits per heavy atom. The van der Waals surface area contributed by atoms with Gasteiger partial charge in [-0.25, -0.2) is 0 Å². The minimum Gasteiger partial charge on any atom is -0.395 e. The van der Waals surface area contributed by atoms with E-state index in [0.717, 1.165) is 25.3 Å². The number of hydrogen-bond acceptors (Lipinski definition) is 3. The maximum Gasteiger partial charge on any atom is 0.416 e. The summed E-state index contributed by atoms with van der Waals surface area (Å²) in [6, 6.07) is 4.15. The van der Waals surface area contributed by atoms with Gasteiger partial charge in [0.05, 0.1) is 18.8 Å². The van der Waals surface area contributed by atoms with Gasteiger partial charge in [0.25, 0.3) is 0 Å². The Morgan fingerprint density at radius 3 is 2.35 bits per heavy atom. The molecule has 1 aliphatic rings. The molecule has 112 valence electrons. The van der Waals surface area contributed by atoms with Crippen LogP contribution in [0.2, 0.25) is 0 Å². The summed E-state index contributed by atoms with van der Waals surface area (Å²) in [6.07, 6.45) is -1.56. The van der Waals surface area contributed by atoms with Gasteiger partial charge >= 0.3 is 6.18 Å². The molecule has 0 atom stereocenters. The van der Waals surface area contributed by atoms with E-state index in [-0.39, 0.29) is 18.2 Å². The first-order valence-corrected chi connectivity index (χ1v) is 6.66. The summed E-state index contributed by atoms with van der Waals surface area (Å²) in [5, 5.41) is 18.1. The Bertz CT molecular complexity index is 458. The predicted octanol–water partition coefficient (Wildman–Crippen LogP) is 2.55. The maximum absolute atomic E-state index is 13.0. The highest BCUT2D eigenvalue weighted by Gasteiger charge is 2.34. The molecule has 1 aromatic carbocycles. The SMILES string of the molecule is OCCN(c1ccc(CO)c(C(F)(F)F)c1)C1CCC1. The zero-order valence-corrected chi connectivity index (χ0v) is 11.0. The van der Waals surface area contributed by atoms with Crippen LogP contribution in [0.3, 0.4) is 0 Å². The van der Waals surface area contributed by atoms with Crippen molar-refractivity contribution < 1.29 is 23.4 Å². The van der Waals surface area contributed by atoms with Crippen molar-refractivity contribution in [3.05, 3.63) is 29.3 Å². The number of anilines is 1. The second-order valence-corrected chi connectivity index (χ2v) is 5.00. The van der Waals surface area contributed by atoms with Crippen LogP contribution < -0.4 is 4.90 Å². The van der Waals surface area contributed by atoms with Gasteiger partial charge in [-0.15, -0.1) is 0 Å². The van der Waals surface area contributed by atoms with Gasteiger partial charge in [-0.1, -0.05) is 6.07 Å². The van der Waals surface area contributed by atoms with Gasteiger partial charge in [-0.3, -0.25) is 0 Å². The summed E-state index contributed by atoms with van der Waals surface area (Å²) in [7, 11) is 0. The average Bonchev–Trinajstić information content (AvgIpc) is 2.34. The number of nitrogens with zero attached hydrogens (tertiary/aromatic N) is 1. The van der Waals surface area contributed by atoms with Crippen LogP contribution in [0.1, 0.15) is 30.4 Å². The number of benzene rings is 1. The van der Waals surface area contributed by atoms with Gasteiger partial charge in [-0.05, 0) is 37.0 Å². The number of hydrogen-bond donors (Lipinski definition) is 2. The van der Waals surface area contributed by atoms with Gasteiger partial charge in [0.15, 0.2) is 0 Å². The van der Waals surface area contributed by atoms with Crippen LogP contribution in [-0.4, -0.2) is 29.4 Å². The molecule has 1 fully saturated rings. The van der Waals surface area contributed by atoms with Crippen molar-refractivity contribution in [2.24, 2.45) is 0 Å². The van der Waals surface area contributed by atoms with E-state index in [1.54, 1.807) is 6.07 Å². The van der Waals surface area contributed by atoms with E-state index in [9.17, 15) is 13.2 Å². The molecule has 3 nitrogen and oxygen atoms in total. The standard InChI is InChI=1S/C14H18F3NO2/c15-14(16,17)13-8-12(5-4-10(13)9-20)18(6-7-19)11-2-1-3-11/h4-5,8,11,19-20H,1-3,6-7,9H2. The fourth-order valence-electron chi connectivity index (χ4n) is 2.47. The Kier molecular flexibility index (Phi) is 4.55. The van der Waals surface area contributed by atoms with E-state index in [1.165, 1.54) is 6.07 Å². The van der Waals surface area contributed by atoms with Crippen LogP contribution in [0.15, 0.2) is 18.2 Å². The molecule has 6 heteroatoms. The summed E-state index contributed by atoms with van der Waals surface area (Å²) in [6.45, 7) is -0.418. The van der Waals surface area contributed by atoms with Crippen LogP contribution in [0.5, 0.6) is 0 Å². The summed E-state index contributed by atoms with van der Waals surface area (Å²) in [5.41, 5.74) is -0.480. The molecule has 2 N–H and O–H groups in total. The predicted molar refractivity (Wildman–Crippen MR) is 69.4 cm³/mol. The van der Waals surface area contributed by atoms with E-state index < -0.39 is 18.3 Å². The Hall–Kier alpha value is -1.27. The van der Waals surface area contributed by atoms with Crippen LogP contribution in [0.25, 0.3) is 0 Å². The van der Waals surface area contributed by atoms with E-state index >= 15 is 0 Å². The van der Waals surface area contributed by atoms with Crippen molar-refractivity contribution in [2.45, 2.75) is 38.1 Å². The lowest BCUT2D eigenvalue weighted by Gasteiger charge is -2.39. The van der Waals surface area contributed by atoms with E-state index in [4.69, 9.17) is 10.2 Å². The molecular formula is C14H18F3NO2. The topological polar surface area (TPSA) is 43.7 Å². The molecule has 1 saturated carbocycles. The normalized spacial score (nSPS) is 16.1. The highest BCUT2D eigenvalue weighted by Crippen LogP contribution is 2.36. The highest BCUT2D eigenvalue weighted by molar-refractivity contribution is 5.53. The van der Waals surface area contributed by atoms with Gasteiger partial charge in [0.1, 0.15) is 0 Å². The number of rotatable bonds is 5. The first-order valence-electron chi connectivity index (χ1n) is 6.66. The smallest absolute Gasteiger partial charge is 0.395 e. The van der Waals surface area contributed by atoms with Crippen molar-refractivity contribution >= 4 is 5.69 Å². The van der Waals surface area contributed by atoms with E-state index in [1.807, 2.05) is 4.90 Å². The first-order chi connectivity index (χ1) is 9.47. The maximum atomic E-state index is 13.0.